The number of rotatable bonds is 5. The summed E-state index contributed by atoms with van der Waals surface area (Å²) in [5, 5.41) is 5.87. The summed E-state index contributed by atoms with van der Waals surface area (Å²) in [5.41, 5.74) is 3.08. The van der Waals surface area contributed by atoms with Gasteiger partial charge in [0.05, 0.1) is 4.88 Å². The molecule has 25 heavy (non-hydrogen) atoms. The molecule has 0 atom stereocenters. The van der Waals surface area contributed by atoms with Crippen LogP contribution in [0.2, 0.25) is 0 Å². The normalized spacial score (nSPS) is 13.4. The molecular weight excluding hydrogens is 332 g/mol. The van der Waals surface area contributed by atoms with Crippen LogP contribution in [0.25, 0.3) is 0 Å². The van der Waals surface area contributed by atoms with E-state index in [1.54, 1.807) is 11.3 Å². The second-order valence-electron chi connectivity index (χ2n) is 6.79. The van der Waals surface area contributed by atoms with Gasteiger partial charge in [-0.3, -0.25) is 9.59 Å². The molecule has 0 aliphatic heterocycles. The predicted molar refractivity (Wildman–Crippen MR) is 102 cm³/mol. The van der Waals surface area contributed by atoms with Crippen LogP contribution in [-0.4, -0.2) is 11.8 Å². The van der Waals surface area contributed by atoms with Crippen molar-refractivity contribution in [3.8, 4) is 0 Å². The first-order chi connectivity index (χ1) is 12.0. The van der Waals surface area contributed by atoms with Crippen molar-refractivity contribution in [2.24, 2.45) is 5.92 Å². The number of thiophene rings is 1. The second-order valence-corrected chi connectivity index (χ2v) is 7.93. The molecule has 2 aromatic rings. The molecule has 2 amide bonds. The fourth-order valence-corrected chi connectivity index (χ4v) is 4.09. The van der Waals surface area contributed by atoms with Crippen molar-refractivity contribution in [2.45, 2.75) is 46.1 Å². The van der Waals surface area contributed by atoms with Gasteiger partial charge < -0.3 is 10.6 Å². The highest BCUT2D eigenvalue weighted by Crippen LogP contribution is 2.29. The van der Waals surface area contributed by atoms with Gasteiger partial charge in [0.25, 0.3) is 5.91 Å². The van der Waals surface area contributed by atoms with E-state index in [1.165, 1.54) is 23.3 Å². The summed E-state index contributed by atoms with van der Waals surface area (Å²) in [5.74, 6) is -0.0883. The van der Waals surface area contributed by atoms with E-state index in [-0.39, 0.29) is 17.7 Å². The Hall–Kier alpha value is -2.14. The number of nitrogens with one attached hydrogen (secondary N) is 2. The Morgan fingerprint density at radius 2 is 1.96 bits per heavy atom. The van der Waals surface area contributed by atoms with Gasteiger partial charge >= 0.3 is 0 Å². The number of anilines is 1. The molecule has 1 aromatic carbocycles. The van der Waals surface area contributed by atoms with E-state index >= 15 is 0 Å². The van der Waals surface area contributed by atoms with Gasteiger partial charge in [0.1, 0.15) is 0 Å². The smallest absolute Gasteiger partial charge is 0.261 e. The van der Waals surface area contributed by atoms with Gasteiger partial charge in [-0.05, 0) is 55.0 Å². The van der Waals surface area contributed by atoms with E-state index in [1.807, 2.05) is 44.2 Å². The van der Waals surface area contributed by atoms with Gasteiger partial charge in [0, 0.05) is 23.0 Å². The number of fused-ring (bicyclic) bond motifs is 1. The topological polar surface area (TPSA) is 58.2 Å². The summed E-state index contributed by atoms with van der Waals surface area (Å²) in [7, 11) is 0. The Morgan fingerprint density at radius 3 is 2.72 bits per heavy atom. The molecule has 1 aliphatic carbocycles. The van der Waals surface area contributed by atoms with Crippen LogP contribution in [0.15, 0.2) is 30.3 Å². The standard InChI is InChI=1S/C20H24N2O2S/c1-13(2)19(23)22-16-8-5-6-14(10-16)12-21-20(24)18-11-15-7-3-4-9-17(15)25-18/h5-6,8,10-11,13H,3-4,7,9,12H2,1-2H3,(H,21,24)(H,22,23). The van der Waals surface area contributed by atoms with Crippen molar-refractivity contribution in [1.29, 1.82) is 0 Å². The molecule has 4 nitrogen and oxygen atoms in total. The molecule has 0 saturated carbocycles. The largest absolute Gasteiger partial charge is 0.347 e. The van der Waals surface area contributed by atoms with Crippen molar-refractivity contribution in [3.63, 3.8) is 0 Å². The highest BCUT2D eigenvalue weighted by Gasteiger charge is 2.17. The molecule has 2 N–H and O–H groups in total. The van der Waals surface area contributed by atoms with E-state index in [0.29, 0.717) is 6.54 Å². The minimum absolute atomic E-state index is 0.00893. The van der Waals surface area contributed by atoms with Crippen LogP contribution in [-0.2, 0) is 24.2 Å². The zero-order valence-electron chi connectivity index (χ0n) is 14.7. The number of amides is 2. The first-order valence-corrected chi connectivity index (χ1v) is 9.64. The lowest BCUT2D eigenvalue weighted by Crippen LogP contribution is -2.22. The Bertz CT molecular complexity index is 756. The van der Waals surface area contributed by atoms with Crippen LogP contribution < -0.4 is 10.6 Å². The van der Waals surface area contributed by atoms with Crippen molar-refractivity contribution in [3.05, 3.63) is 51.2 Å². The molecule has 0 fully saturated rings. The molecule has 1 aromatic heterocycles. The third kappa shape index (κ3) is 4.48. The highest BCUT2D eigenvalue weighted by atomic mass is 32.1. The van der Waals surface area contributed by atoms with Crippen molar-refractivity contribution in [1.82, 2.24) is 5.32 Å². The van der Waals surface area contributed by atoms with Crippen LogP contribution in [0.3, 0.4) is 0 Å². The van der Waals surface area contributed by atoms with Gasteiger partial charge in [-0.25, -0.2) is 0 Å². The van der Waals surface area contributed by atoms with Gasteiger partial charge in [-0.15, -0.1) is 11.3 Å². The quantitative estimate of drug-likeness (QED) is 0.845. The Labute approximate surface area is 152 Å². The molecule has 3 rings (SSSR count). The fraction of sp³-hybridized carbons (Fsp3) is 0.400. The van der Waals surface area contributed by atoms with E-state index in [2.05, 4.69) is 10.6 Å². The number of carbonyl (C=O) groups excluding carboxylic acids is 2. The maximum Gasteiger partial charge on any atom is 0.261 e. The molecule has 0 saturated heterocycles. The van der Waals surface area contributed by atoms with E-state index in [0.717, 1.165) is 29.0 Å². The number of carbonyl (C=O) groups is 2. The van der Waals surface area contributed by atoms with E-state index in [4.69, 9.17) is 0 Å². The lowest BCUT2D eigenvalue weighted by atomic mass is 9.99. The van der Waals surface area contributed by atoms with Crippen LogP contribution in [0.4, 0.5) is 5.69 Å². The first-order valence-electron chi connectivity index (χ1n) is 8.82. The average molecular weight is 356 g/mol. The SMILES string of the molecule is CC(C)C(=O)Nc1cccc(CNC(=O)c2cc3c(s2)CCCC3)c1. The van der Waals surface area contributed by atoms with E-state index < -0.39 is 0 Å². The molecule has 0 radical (unpaired) electrons. The van der Waals surface area contributed by atoms with Gasteiger partial charge in [0.15, 0.2) is 0 Å². The van der Waals surface area contributed by atoms with Crippen LogP contribution in [0.5, 0.6) is 0 Å². The zero-order chi connectivity index (χ0) is 17.8. The zero-order valence-corrected chi connectivity index (χ0v) is 15.5. The fourth-order valence-electron chi connectivity index (χ4n) is 2.92. The van der Waals surface area contributed by atoms with E-state index in [9.17, 15) is 9.59 Å². The Balaban J connectivity index is 1.60. The van der Waals surface area contributed by atoms with Crippen molar-refractivity contribution in [2.75, 3.05) is 5.32 Å². The van der Waals surface area contributed by atoms with Crippen molar-refractivity contribution >= 4 is 28.8 Å². The van der Waals surface area contributed by atoms with Gasteiger partial charge in [-0.1, -0.05) is 26.0 Å². The highest BCUT2D eigenvalue weighted by molar-refractivity contribution is 7.14. The van der Waals surface area contributed by atoms with Crippen LogP contribution in [0.1, 0.15) is 52.4 Å². The summed E-state index contributed by atoms with van der Waals surface area (Å²) in [6.07, 6.45) is 4.64. The van der Waals surface area contributed by atoms with Gasteiger partial charge in [0.2, 0.25) is 5.91 Å². The summed E-state index contributed by atoms with van der Waals surface area (Å²) >= 11 is 1.62. The second kappa shape index (κ2) is 7.83. The molecule has 0 bridgehead atoms. The molecule has 5 heteroatoms. The molecule has 0 spiro atoms. The number of hydrogen-bond acceptors (Lipinski definition) is 3. The van der Waals surface area contributed by atoms with Crippen LogP contribution >= 0.6 is 11.3 Å². The predicted octanol–water partition coefficient (Wildman–Crippen LogP) is 4.15. The third-order valence-corrected chi connectivity index (χ3v) is 5.63. The van der Waals surface area contributed by atoms with Gasteiger partial charge in [-0.2, -0.15) is 0 Å². The summed E-state index contributed by atoms with van der Waals surface area (Å²) < 4.78 is 0. The molecule has 132 valence electrons. The maximum atomic E-state index is 12.4. The lowest BCUT2D eigenvalue weighted by Gasteiger charge is -2.10. The monoisotopic (exact) mass is 356 g/mol. The minimum Gasteiger partial charge on any atom is -0.347 e. The molecule has 1 heterocycles. The average Bonchev–Trinajstić information content (AvgIpc) is 3.04. The summed E-state index contributed by atoms with van der Waals surface area (Å²) in [6.45, 7) is 4.17. The number of benzene rings is 1. The Kier molecular flexibility index (Phi) is 5.53. The maximum absolute atomic E-state index is 12.4. The molecule has 0 unspecified atom stereocenters. The van der Waals surface area contributed by atoms with Crippen LogP contribution in [0, 0.1) is 5.92 Å². The third-order valence-electron chi connectivity index (χ3n) is 4.39. The number of aryl methyl sites for hydroxylation is 2. The minimum atomic E-state index is -0.0618. The first kappa shape index (κ1) is 17.7. The number of hydrogen-bond donors (Lipinski definition) is 2. The summed E-state index contributed by atoms with van der Waals surface area (Å²) in [6, 6.07) is 9.65. The summed E-state index contributed by atoms with van der Waals surface area (Å²) in [4.78, 5) is 26.4. The lowest BCUT2D eigenvalue weighted by molar-refractivity contribution is -0.118. The van der Waals surface area contributed by atoms with Crippen molar-refractivity contribution < 1.29 is 9.59 Å². The molecular formula is C20H24N2O2S. The molecule has 1 aliphatic rings. The Morgan fingerprint density at radius 1 is 1.16 bits per heavy atom.